The van der Waals surface area contributed by atoms with E-state index in [1.165, 1.54) is 7.11 Å². The fraction of sp³-hybridized carbons (Fsp3) is 0.368. The van der Waals surface area contributed by atoms with Gasteiger partial charge in [-0.15, -0.1) is 0 Å². The Morgan fingerprint density at radius 1 is 1.43 bits per heavy atom. The number of rotatable bonds is 9. The molecule has 2 atom stereocenters. The number of hydrogen-bond donors (Lipinski definition) is 5. The molecule has 0 aromatic heterocycles. The highest BCUT2D eigenvalue weighted by Gasteiger charge is 2.44. The van der Waals surface area contributed by atoms with Crippen molar-refractivity contribution in [3.63, 3.8) is 0 Å². The normalized spacial score (nSPS) is 19.6. The minimum absolute atomic E-state index is 0.0351. The standard InChI is InChI=1S/C19H24F3N5O3/c1-30-18(29)15(7-23)17(26-12-4-2-3-11(5-12)9-28)14-6-13(14)16(24)8-27(25)10-19(20,21)22/h2-5,7-8,13-14,23,26,28H,6,9-10,24-25H2,1H3/b16-8-,17-15+,23-7?/t13?,14-/m1/s1. The summed E-state index contributed by atoms with van der Waals surface area (Å²) in [5.41, 5.74) is 7.57. The molecule has 0 spiro atoms. The van der Waals surface area contributed by atoms with Crippen LogP contribution < -0.4 is 16.9 Å². The number of carbonyl (C=O) groups is 1. The number of benzene rings is 1. The summed E-state index contributed by atoms with van der Waals surface area (Å²) >= 11 is 0. The minimum Gasteiger partial charge on any atom is -0.465 e. The molecule has 8 nitrogen and oxygen atoms in total. The van der Waals surface area contributed by atoms with Crippen LogP contribution in [0.3, 0.4) is 0 Å². The molecule has 1 aliphatic rings. The molecule has 0 aliphatic heterocycles. The Morgan fingerprint density at radius 2 is 2.13 bits per heavy atom. The van der Waals surface area contributed by atoms with Crippen molar-refractivity contribution in [2.45, 2.75) is 19.2 Å². The quantitative estimate of drug-likeness (QED) is 0.133. The second-order valence-electron chi connectivity index (χ2n) is 6.81. The predicted octanol–water partition coefficient (Wildman–Crippen LogP) is 1.84. The Morgan fingerprint density at radius 3 is 2.70 bits per heavy atom. The van der Waals surface area contributed by atoms with Crippen molar-refractivity contribution in [1.29, 1.82) is 5.41 Å². The van der Waals surface area contributed by atoms with Crippen molar-refractivity contribution in [1.82, 2.24) is 5.01 Å². The third-order valence-corrected chi connectivity index (χ3v) is 4.49. The summed E-state index contributed by atoms with van der Waals surface area (Å²) < 4.78 is 42.1. The number of hydrazine groups is 1. The van der Waals surface area contributed by atoms with Gasteiger partial charge in [0.2, 0.25) is 0 Å². The van der Waals surface area contributed by atoms with Crippen molar-refractivity contribution in [3.8, 4) is 0 Å². The number of anilines is 1. The Hall–Kier alpha value is -3.05. The average molecular weight is 427 g/mol. The Kier molecular flexibility index (Phi) is 7.46. The molecule has 1 aromatic carbocycles. The number of nitrogens with zero attached hydrogens (tertiary/aromatic N) is 1. The van der Waals surface area contributed by atoms with Crippen LogP contribution in [0, 0.1) is 17.2 Å². The van der Waals surface area contributed by atoms with Gasteiger partial charge in [0, 0.05) is 41.3 Å². The van der Waals surface area contributed by atoms with Gasteiger partial charge in [-0.25, -0.2) is 10.6 Å². The largest absolute Gasteiger partial charge is 0.465 e. The highest BCUT2D eigenvalue weighted by atomic mass is 19.4. The van der Waals surface area contributed by atoms with Crippen molar-refractivity contribution < 1.29 is 27.8 Å². The van der Waals surface area contributed by atoms with E-state index >= 15 is 0 Å². The molecule has 1 fully saturated rings. The van der Waals surface area contributed by atoms with Crippen LogP contribution >= 0.6 is 0 Å². The zero-order valence-corrected chi connectivity index (χ0v) is 16.2. The maximum absolute atomic E-state index is 12.5. The van der Waals surface area contributed by atoms with Crippen LogP contribution in [-0.4, -0.2) is 42.1 Å². The first-order chi connectivity index (χ1) is 14.1. The molecule has 2 rings (SSSR count). The molecule has 1 unspecified atom stereocenters. The lowest BCUT2D eigenvalue weighted by molar-refractivity contribution is -0.140. The summed E-state index contributed by atoms with van der Waals surface area (Å²) in [4.78, 5) is 12.1. The molecular formula is C19H24F3N5O3. The van der Waals surface area contributed by atoms with Gasteiger partial charge in [-0.1, -0.05) is 12.1 Å². The van der Waals surface area contributed by atoms with E-state index in [0.717, 1.165) is 12.4 Å². The summed E-state index contributed by atoms with van der Waals surface area (Å²) in [6.45, 7) is -1.54. The topological polar surface area (TPSA) is 138 Å². The Bertz CT molecular complexity index is 854. The van der Waals surface area contributed by atoms with E-state index in [2.05, 4.69) is 5.32 Å². The molecule has 1 saturated carbocycles. The maximum atomic E-state index is 12.5. The van der Waals surface area contributed by atoms with E-state index in [1.807, 2.05) is 0 Å². The molecule has 0 bridgehead atoms. The monoisotopic (exact) mass is 427 g/mol. The molecule has 1 aliphatic carbocycles. The highest BCUT2D eigenvalue weighted by Crippen LogP contribution is 2.48. The molecule has 0 saturated heterocycles. The van der Waals surface area contributed by atoms with Crippen molar-refractivity contribution >= 4 is 17.9 Å². The van der Waals surface area contributed by atoms with Gasteiger partial charge in [0.15, 0.2) is 0 Å². The van der Waals surface area contributed by atoms with E-state index in [9.17, 15) is 23.1 Å². The van der Waals surface area contributed by atoms with Gasteiger partial charge in [-0.2, -0.15) is 13.2 Å². The highest BCUT2D eigenvalue weighted by molar-refractivity contribution is 6.09. The number of aliphatic hydroxyl groups is 1. The van der Waals surface area contributed by atoms with Crippen LogP contribution in [0.2, 0.25) is 0 Å². The number of hydrogen-bond acceptors (Lipinski definition) is 8. The van der Waals surface area contributed by atoms with Gasteiger partial charge < -0.3 is 31.3 Å². The fourth-order valence-corrected chi connectivity index (χ4v) is 3.04. The van der Waals surface area contributed by atoms with Crippen LogP contribution in [0.5, 0.6) is 0 Å². The molecule has 164 valence electrons. The lowest BCUT2D eigenvalue weighted by atomic mass is 10.1. The van der Waals surface area contributed by atoms with Gasteiger partial charge in [0.1, 0.15) is 6.54 Å². The number of allylic oxidation sites excluding steroid dienone is 2. The second-order valence-corrected chi connectivity index (χ2v) is 6.81. The number of carbonyl (C=O) groups excluding carboxylic acids is 1. The number of halogens is 3. The number of aliphatic hydroxyl groups excluding tert-OH is 1. The van der Waals surface area contributed by atoms with Crippen molar-refractivity contribution in [2.75, 3.05) is 19.0 Å². The number of nitrogens with one attached hydrogen (secondary N) is 2. The SMILES string of the molecule is COC(=O)/C(C=N)=C(/Nc1cccc(CO)c1)[C@@H]1CC1/C(N)=C/N(N)CC(F)(F)F. The number of methoxy groups -OCH3 is 1. The predicted molar refractivity (Wildman–Crippen MR) is 105 cm³/mol. The average Bonchev–Trinajstić information content (AvgIpc) is 3.47. The molecule has 0 radical (unpaired) electrons. The van der Waals surface area contributed by atoms with Gasteiger partial charge in [0.25, 0.3) is 0 Å². The van der Waals surface area contributed by atoms with Crippen molar-refractivity contribution in [3.05, 3.63) is 53.0 Å². The fourth-order valence-electron chi connectivity index (χ4n) is 3.04. The third-order valence-electron chi connectivity index (χ3n) is 4.49. The maximum Gasteiger partial charge on any atom is 0.407 e. The first-order valence-electron chi connectivity index (χ1n) is 8.94. The van der Waals surface area contributed by atoms with Crippen molar-refractivity contribution in [2.24, 2.45) is 23.4 Å². The van der Waals surface area contributed by atoms with E-state index in [4.69, 9.17) is 21.7 Å². The third kappa shape index (κ3) is 6.22. The first kappa shape index (κ1) is 23.2. The molecular weight excluding hydrogens is 403 g/mol. The summed E-state index contributed by atoms with van der Waals surface area (Å²) in [5.74, 6) is 3.89. The smallest absolute Gasteiger partial charge is 0.407 e. The summed E-state index contributed by atoms with van der Waals surface area (Å²) in [6, 6.07) is 6.79. The van der Waals surface area contributed by atoms with Gasteiger partial charge >= 0.3 is 12.1 Å². The summed E-state index contributed by atoms with van der Waals surface area (Å²) in [5, 5.41) is 20.4. The Balaban J connectivity index is 2.29. The second kappa shape index (κ2) is 9.63. The molecule has 30 heavy (non-hydrogen) atoms. The van der Waals surface area contributed by atoms with E-state index in [1.54, 1.807) is 24.3 Å². The van der Waals surface area contributed by atoms with Gasteiger partial charge in [0.05, 0.1) is 19.3 Å². The molecule has 11 heteroatoms. The molecule has 1 aromatic rings. The van der Waals surface area contributed by atoms with E-state index in [-0.39, 0.29) is 29.7 Å². The minimum atomic E-state index is -4.48. The van der Waals surface area contributed by atoms with Crippen LogP contribution in [0.4, 0.5) is 18.9 Å². The van der Waals surface area contributed by atoms with Gasteiger partial charge in [-0.3, -0.25) is 0 Å². The Labute approximate surface area is 171 Å². The van der Waals surface area contributed by atoms with Crippen LogP contribution in [0.25, 0.3) is 0 Å². The van der Waals surface area contributed by atoms with E-state index < -0.39 is 18.7 Å². The van der Waals surface area contributed by atoms with E-state index in [0.29, 0.717) is 28.4 Å². The van der Waals surface area contributed by atoms with Gasteiger partial charge in [-0.05, 0) is 24.1 Å². The summed E-state index contributed by atoms with van der Waals surface area (Å²) in [7, 11) is 1.18. The number of ether oxygens (including phenoxy) is 1. The summed E-state index contributed by atoms with van der Waals surface area (Å²) in [6.07, 6.45) is -2.17. The molecule has 0 heterocycles. The van der Waals surface area contributed by atoms with Crippen LogP contribution in [0.15, 0.2) is 47.4 Å². The number of esters is 1. The van der Waals surface area contributed by atoms with Crippen LogP contribution in [0.1, 0.15) is 12.0 Å². The van der Waals surface area contributed by atoms with Crippen LogP contribution in [-0.2, 0) is 16.1 Å². The number of alkyl halides is 3. The lowest BCUT2D eigenvalue weighted by Gasteiger charge is -2.18. The first-order valence-corrected chi connectivity index (χ1v) is 8.94. The lowest BCUT2D eigenvalue weighted by Crippen LogP contribution is -2.36. The zero-order valence-electron chi connectivity index (χ0n) is 16.2. The zero-order chi connectivity index (χ0) is 22.5. The molecule has 0 amide bonds. The number of nitrogens with two attached hydrogens (primary N) is 2. The molecule has 7 N–H and O–H groups in total.